The van der Waals surface area contributed by atoms with Crippen LogP contribution < -0.4 is 10.6 Å². The molecule has 0 saturated carbocycles. The number of rotatable bonds is 5. The lowest BCUT2D eigenvalue weighted by atomic mass is 10.2. The maximum Gasteiger partial charge on any atom is 0.276 e. The van der Waals surface area contributed by atoms with Crippen LogP contribution in [0.25, 0.3) is 0 Å². The van der Waals surface area contributed by atoms with E-state index in [1.807, 2.05) is 0 Å². The van der Waals surface area contributed by atoms with E-state index >= 15 is 0 Å². The summed E-state index contributed by atoms with van der Waals surface area (Å²) >= 11 is 11.7. The standard InChI is InChI=1S/C19H16Cl2N4O2/c1-12(18(26)22-15-6-2-13(20)3-7-15)25-11-10-17(24-25)19(27)23-16-8-4-14(21)5-9-16/h2-12H,1H3,(H,22,26)(H,23,27)/t12-/m0/s1. The van der Waals surface area contributed by atoms with Crippen molar-refractivity contribution in [1.82, 2.24) is 9.78 Å². The molecular weight excluding hydrogens is 387 g/mol. The van der Waals surface area contributed by atoms with Gasteiger partial charge in [0.1, 0.15) is 6.04 Å². The van der Waals surface area contributed by atoms with Crippen LogP contribution in [-0.4, -0.2) is 21.6 Å². The van der Waals surface area contributed by atoms with Crippen molar-refractivity contribution in [2.45, 2.75) is 13.0 Å². The summed E-state index contributed by atoms with van der Waals surface area (Å²) in [6.07, 6.45) is 1.59. The summed E-state index contributed by atoms with van der Waals surface area (Å²) in [4.78, 5) is 24.7. The summed E-state index contributed by atoms with van der Waals surface area (Å²) in [5, 5.41) is 10.9. The lowest BCUT2D eigenvalue weighted by Crippen LogP contribution is -2.24. The molecule has 1 heterocycles. The minimum absolute atomic E-state index is 0.205. The average molecular weight is 403 g/mol. The zero-order chi connectivity index (χ0) is 19.4. The van der Waals surface area contributed by atoms with Gasteiger partial charge < -0.3 is 10.6 Å². The molecule has 0 fully saturated rings. The molecule has 1 aromatic heterocycles. The molecule has 0 radical (unpaired) electrons. The summed E-state index contributed by atoms with van der Waals surface area (Å²) in [6.45, 7) is 1.69. The first kappa shape index (κ1) is 18.9. The van der Waals surface area contributed by atoms with Crippen molar-refractivity contribution in [2.24, 2.45) is 0 Å². The van der Waals surface area contributed by atoms with Crippen LogP contribution in [0.5, 0.6) is 0 Å². The summed E-state index contributed by atoms with van der Waals surface area (Å²) in [7, 11) is 0. The van der Waals surface area contributed by atoms with Gasteiger partial charge in [-0.3, -0.25) is 14.3 Å². The fraction of sp³-hybridized carbons (Fsp3) is 0.105. The largest absolute Gasteiger partial charge is 0.324 e. The van der Waals surface area contributed by atoms with E-state index in [0.717, 1.165) is 0 Å². The normalized spacial score (nSPS) is 11.7. The van der Waals surface area contributed by atoms with Crippen LogP contribution in [0.4, 0.5) is 11.4 Å². The Balaban J connectivity index is 1.64. The van der Waals surface area contributed by atoms with Gasteiger partial charge in [0.2, 0.25) is 5.91 Å². The van der Waals surface area contributed by atoms with E-state index in [1.165, 1.54) is 4.68 Å². The highest BCUT2D eigenvalue weighted by atomic mass is 35.5. The molecule has 8 heteroatoms. The number of halogens is 2. The second kappa shape index (κ2) is 8.24. The van der Waals surface area contributed by atoms with Gasteiger partial charge in [0.25, 0.3) is 5.91 Å². The highest BCUT2D eigenvalue weighted by Gasteiger charge is 2.18. The number of aromatic nitrogens is 2. The van der Waals surface area contributed by atoms with Crippen molar-refractivity contribution >= 4 is 46.4 Å². The van der Waals surface area contributed by atoms with Crippen molar-refractivity contribution in [3.8, 4) is 0 Å². The number of amides is 2. The summed E-state index contributed by atoms with van der Waals surface area (Å²) in [5.74, 6) is -0.633. The van der Waals surface area contributed by atoms with E-state index in [1.54, 1.807) is 67.7 Å². The number of hydrogen-bond acceptors (Lipinski definition) is 3. The number of nitrogens with one attached hydrogen (secondary N) is 2. The van der Waals surface area contributed by atoms with Gasteiger partial charge >= 0.3 is 0 Å². The third-order valence-corrected chi connectivity index (χ3v) is 4.34. The van der Waals surface area contributed by atoms with E-state index < -0.39 is 6.04 Å². The zero-order valence-corrected chi connectivity index (χ0v) is 15.8. The van der Waals surface area contributed by atoms with Crippen LogP contribution in [-0.2, 0) is 4.79 Å². The molecule has 0 unspecified atom stereocenters. The van der Waals surface area contributed by atoms with Gasteiger partial charge in [0, 0.05) is 27.6 Å². The summed E-state index contributed by atoms with van der Waals surface area (Å²) in [6, 6.07) is 14.5. The maximum atomic E-state index is 12.4. The Bertz CT molecular complexity index is 953. The number of nitrogens with zero attached hydrogens (tertiary/aromatic N) is 2. The maximum absolute atomic E-state index is 12.4. The topological polar surface area (TPSA) is 76.0 Å². The first-order valence-corrected chi connectivity index (χ1v) is 8.86. The molecule has 0 bridgehead atoms. The first-order valence-electron chi connectivity index (χ1n) is 8.11. The van der Waals surface area contributed by atoms with E-state index in [0.29, 0.717) is 21.4 Å². The van der Waals surface area contributed by atoms with Crippen LogP contribution in [0.15, 0.2) is 60.8 Å². The number of carbonyl (C=O) groups excluding carboxylic acids is 2. The third kappa shape index (κ3) is 4.87. The van der Waals surface area contributed by atoms with Gasteiger partial charge in [-0.1, -0.05) is 23.2 Å². The molecule has 138 valence electrons. The van der Waals surface area contributed by atoms with E-state index in [9.17, 15) is 9.59 Å². The monoisotopic (exact) mass is 402 g/mol. The Morgan fingerprint density at radius 2 is 1.41 bits per heavy atom. The second-order valence-corrected chi connectivity index (χ2v) is 6.69. The number of benzene rings is 2. The Labute approximate surface area is 166 Å². The molecular formula is C19H16Cl2N4O2. The van der Waals surface area contributed by atoms with Gasteiger partial charge in [-0.25, -0.2) is 0 Å². The van der Waals surface area contributed by atoms with Crippen molar-refractivity contribution < 1.29 is 9.59 Å². The molecule has 3 aromatic rings. The van der Waals surface area contributed by atoms with Crippen molar-refractivity contribution in [3.63, 3.8) is 0 Å². The lowest BCUT2D eigenvalue weighted by Gasteiger charge is -2.12. The van der Waals surface area contributed by atoms with Gasteiger partial charge in [-0.05, 0) is 61.5 Å². The van der Waals surface area contributed by atoms with E-state index in [4.69, 9.17) is 23.2 Å². The third-order valence-electron chi connectivity index (χ3n) is 3.83. The molecule has 6 nitrogen and oxygen atoms in total. The van der Waals surface area contributed by atoms with Crippen molar-refractivity contribution in [3.05, 3.63) is 76.5 Å². The molecule has 2 aromatic carbocycles. The number of carbonyl (C=O) groups is 2. The molecule has 0 aliphatic rings. The molecule has 0 aliphatic carbocycles. The van der Waals surface area contributed by atoms with Crippen molar-refractivity contribution in [2.75, 3.05) is 10.6 Å². The van der Waals surface area contributed by atoms with E-state index in [-0.39, 0.29) is 17.5 Å². The minimum Gasteiger partial charge on any atom is -0.324 e. The molecule has 2 N–H and O–H groups in total. The van der Waals surface area contributed by atoms with Crippen LogP contribution in [0.3, 0.4) is 0 Å². The molecule has 1 atom stereocenters. The lowest BCUT2D eigenvalue weighted by molar-refractivity contribution is -0.119. The smallest absolute Gasteiger partial charge is 0.276 e. The van der Waals surface area contributed by atoms with Gasteiger partial charge in [-0.15, -0.1) is 0 Å². The minimum atomic E-state index is -0.599. The van der Waals surface area contributed by atoms with Gasteiger partial charge in [-0.2, -0.15) is 5.10 Å². The van der Waals surface area contributed by atoms with Crippen molar-refractivity contribution in [1.29, 1.82) is 0 Å². The average Bonchev–Trinajstić information content (AvgIpc) is 3.15. The summed E-state index contributed by atoms with van der Waals surface area (Å²) in [5.41, 5.74) is 1.44. The second-order valence-electron chi connectivity index (χ2n) is 5.81. The van der Waals surface area contributed by atoms with Gasteiger partial charge in [0.15, 0.2) is 5.69 Å². The predicted molar refractivity (Wildman–Crippen MR) is 106 cm³/mol. The zero-order valence-electron chi connectivity index (χ0n) is 14.3. The van der Waals surface area contributed by atoms with E-state index in [2.05, 4.69) is 15.7 Å². The summed E-state index contributed by atoms with van der Waals surface area (Å²) < 4.78 is 1.43. The molecule has 3 rings (SSSR count). The number of anilines is 2. The van der Waals surface area contributed by atoms with Gasteiger partial charge in [0.05, 0.1) is 0 Å². The SMILES string of the molecule is C[C@@H](C(=O)Nc1ccc(Cl)cc1)n1ccc(C(=O)Nc2ccc(Cl)cc2)n1. The highest BCUT2D eigenvalue weighted by molar-refractivity contribution is 6.31. The molecule has 27 heavy (non-hydrogen) atoms. The fourth-order valence-corrected chi connectivity index (χ4v) is 2.56. The Morgan fingerprint density at radius 3 is 1.96 bits per heavy atom. The molecule has 0 spiro atoms. The first-order chi connectivity index (χ1) is 12.9. The fourth-order valence-electron chi connectivity index (χ4n) is 2.30. The quantitative estimate of drug-likeness (QED) is 0.652. The predicted octanol–water partition coefficient (Wildman–Crippen LogP) is 4.64. The van der Waals surface area contributed by atoms with Crippen LogP contribution in [0.1, 0.15) is 23.5 Å². The molecule has 0 aliphatic heterocycles. The van der Waals surface area contributed by atoms with Crippen LogP contribution in [0.2, 0.25) is 10.0 Å². The molecule has 0 saturated heterocycles. The van der Waals surface area contributed by atoms with Crippen LogP contribution in [0, 0.1) is 0 Å². The van der Waals surface area contributed by atoms with Crippen LogP contribution >= 0.6 is 23.2 Å². The number of hydrogen-bond donors (Lipinski definition) is 2. The Morgan fingerprint density at radius 1 is 0.889 bits per heavy atom. The highest BCUT2D eigenvalue weighted by Crippen LogP contribution is 2.17. The Kier molecular flexibility index (Phi) is 5.78. The Hall–Kier alpha value is -2.83. The molecule has 2 amide bonds.